The summed E-state index contributed by atoms with van der Waals surface area (Å²) in [6, 6.07) is 6.03. The Labute approximate surface area is 252 Å². The Balaban J connectivity index is 1.86. The van der Waals surface area contributed by atoms with E-state index in [2.05, 4.69) is 13.6 Å². The Kier molecular flexibility index (Phi) is 12.1. The second-order valence-electron chi connectivity index (χ2n) is 8.60. The Morgan fingerprint density at radius 1 is 1.19 bits per heavy atom. The van der Waals surface area contributed by atoms with Gasteiger partial charge in [0.15, 0.2) is 0 Å². The SMILES string of the molecule is COc1ccc(C(=O)O[C@@H]2C[C@H](n3ccc(N)nc3=O)O[C@@H]2COP(=O)(O)OP(=O)(O)OP(=O)(O)O)c(C(C)SSC)c1. The fourth-order valence-electron chi connectivity index (χ4n) is 3.85. The predicted molar refractivity (Wildman–Crippen MR) is 153 cm³/mol. The van der Waals surface area contributed by atoms with Gasteiger partial charge in [0.05, 0.1) is 19.3 Å². The smallest absolute Gasteiger partial charge is 0.490 e. The van der Waals surface area contributed by atoms with Crippen molar-refractivity contribution >= 4 is 56.8 Å². The number of benzene rings is 1. The predicted octanol–water partition coefficient (Wildman–Crippen LogP) is 2.76. The number of hydrogen-bond acceptors (Lipinski definition) is 15. The van der Waals surface area contributed by atoms with E-state index in [1.807, 2.05) is 13.2 Å². The van der Waals surface area contributed by atoms with Gasteiger partial charge in [0.25, 0.3) is 0 Å². The minimum Gasteiger partial charge on any atom is -0.497 e. The van der Waals surface area contributed by atoms with E-state index in [9.17, 15) is 33.1 Å². The van der Waals surface area contributed by atoms with E-state index in [-0.39, 0.29) is 23.1 Å². The van der Waals surface area contributed by atoms with Gasteiger partial charge in [-0.3, -0.25) is 9.09 Å². The summed E-state index contributed by atoms with van der Waals surface area (Å²) in [4.78, 5) is 66.1. The summed E-state index contributed by atoms with van der Waals surface area (Å²) in [5, 5.41) is -0.180. The zero-order valence-electron chi connectivity index (χ0n) is 22.5. The summed E-state index contributed by atoms with van der Waals surface area (Å²) < 4.78 is 64.7. The first-order valence-corrected chi connectivity index (χ1v) is 18.9. The highest BCUT2D eigenvalue weighted by Gasteiger charge is 2.44. The standard InChI is InChI=1S/C20H28N3O15P3S2/c1-11(43-42-3)14-8-12(33-2)4-5-13(14)19(24)36-15-9-18(23-7-6-17(21)22-20(23)25)35-16(15)10-34-40(29,30)38-41(31,32)37-39(26,27)28/h4-8,11,15-16,18H,9-10H2,1-3H3,(H,29,30)(H,31,32)(H2,21,22,25)(H2,26,27,28)/t11?,15-,16-,18-/m1/s1. The maximum absolute atomic E-state index is 13.4. The topological polar surface area (TPSA) is 265 Å². The van der Waals surface area contributed by atoms with Crippen LogP contribution in [-0.2, 0) is 36.3 Å². The van der Waals surface area contributed by atoms with Crippen molar-refractivity contribution in [2.75, 3.05) is 25.7 Å². The molecule has 0 saturated carbocycles. The number of hydrogen-bond donors (Lipinski definition) is 5. The van der Waals surface area contributed by atoms with E-state index in [1.165, 1.54) is 47.0 Å². The molecule has 43 heavy (non-hydrogen) atoms. The van der Waals surface area contributed by atoms with Crippen molar-refractivity contribution in [3.8, 4) is 5.75 Å². The molecule has 3 rings (SSSR count). The number of phosphoric acid groups is 3. The Hall–Kier alpha value is -1.76. The molecular formula is C20H28N3O15P3S2. The number of esters is 1. The molecule has 1 aliphatic rings. The highest BCUT2D eigenvalue weighted by atomic mass is 33.1. The highest BCUT2D eigenvalue weighted by molar-refractivity contribution is 8.76. The molecule has 1 saturated heterocycles. The molecule has 2 heterocycles. The monoisotopic (exact) mass is 707 g/mol. The number of nitrogen functional groups attached to an aromatic ring is 1. The number of carbonyl (C=O) groups is 1. The lowest BCUT2D eigenvalue weighted by molar-refractivity contribution is -0.0511. The van der Waals surface area contributed by atoms with Gasteiger partial charge in [0, 0.05) is 17.9 Å². The Bertz CT molecular complexity index is 1520. The zero-order chi connectivity index (χ0) is 32.2. The summed E-state index contributed by atoms with van der Waals surface area (Å²) >= 11 is 0. The highest BCUT2D eigenvalue weighted by Crippen LogP contribution is 2.66. The minimum absolute atomic E-state index is 0.0734. The molecule has 1 aliphatic heterocycles. The number of rotatable bonds is 14. The molecule has 6 atom stereocenters. The number of ether oxygens (including phenoxy) is 3. The van der Waals surface area contributed by atoms with Crippen LogP contribution in [0, 0.1) is 0 Å². The van der Waals surface area contributed by atoms with Crippen molar-refractivity contribution in [2.24, 2.45) is 0 Å². The van der Waals surface area contributed by atoms with Crippen LogP contribution in [0.1, 0.15) is 40.7 Å². The molecule has 0 bridgehead atoms. The van der Waals surface area contributed by atoms with Crippen molar-refractivity contribution in [1.82, 2.24) is 9.55 Å². The van der Waals surface area contributed by atoms with E-state index in [0.717, 1.165) is 4.57 Å². The number of anilines is 1. The number of phosphoric ester groups is 1. The summed E-state index contributed by atoms with van der Waals surface area (Å²) in [5.41, 5.74) is 5.48. The van der Waals surface area contributed by atoms with Crippen LogP contribution in [0.2, 0.25) is 0 Å². The number of nitrogens with zero attached hydrogens (tertiary/aromatic N) is 2. The van der Waals surface area contributed by atoms with Crippen molar-refractivity contribution in [3.05, 3.63) is 52.1 Å². The first-order valence-electron chi connectivity index (χ1n) is 11.8. The average molecular weight is 708 g/mol. The van der Waals surface area contributed by atoms with Crippen LogP contribution < -0.4 is 16.2 Å². The molecule has 2 aromatic rings. The van der Waals surface area contributed by atoms with Gasteiger partial charge >= 0.3 is 35.1 Å². The van der Waals surface area contributed by atoms with Crippen LogP contribution >= 0.6 is 45.1 Å². The summed E-state index contributed by atoms with van der Waals surface area (Å²) in [6.07, 6.45) is -0.778. The first-order chi connectivity index (χ1) is 19.9. The second kappa shape index (κ2) is 14.6. The maximum Gasteiger partial charge on any atom is 0.490 e. The molecule has 23 heteroatoms. The van der Waals surface area contributed by atoms with Gasteiger partial charge in [-0.05, 0) is 43.0 Å². The van der Waals surface area contributed by atoms with Gasteiger partial charge in [0.1, 0.15) is 30.0 Å². The Morgan fingerprint density at radius 2 is 1.88 bits per heavy atom. The first kappa shape index (κ1) is 35.7. The fraction of sp³-hybridized carbons (Fsp3) is 0.450. The lowest BCUT2D eigenvalue weighted by atomic mass is 10.0. The molecule has 6 N–H and O–H groups in total. The van der Waals surface area contributed by atoms with Crippen LogP contribution in [0.15, 0.2) is 35.3 Å². The maximum atomic E-state index is 13.4. The molecule has 240 valence electrons. The van der Waals surface area contributed by atoms with Crippen molar-refractivity contribution in [3.63, 3.8) is 0 Å². The quantitative estimate of drug-likeness (QED) is 0.107. The third-order valence-electron chi connectivity index (χ3n) is 5.58. The van der Waals surface area contributed by atoms with Gasteiger partial charge in [0.2, 0.25) is 0 Å². The van der Waals surface area contributed by atoms with E-state index >= 15 is 0 Å². The van der Waals surface area contributed by atoms with Crippen LogP contribution in [-0.4, -0.2) is 67.3 Å². The number of nitrogens with two attached hydrogens (primary N) is 1. The largest absolute Gasteiger partial charge is 0.497 e. The summed E-state index contributed by atoms with van der Waals surface area (Å²) in [5.74, 6) is -0.393. The molecule has 1 aromatic carbocycles. The fourth-order valence-corrected chi connectivity index (χ4v) is 8.64. The van der Waals surface area contributed by atoms with E-state index < -0.39 is 60.2 Å². The lowest BCUT2D eigenvalue weighted by Crippen LogP contribution is -2.31. The minimum atomic E-state index is -5.78. The zero-order valence-corrected chi connectivity index (χ0v) is 26.8. The average Bonchev–Trinajstić information content (AvgIpc) is 3.27. The molecular weight excluding hydrogens is 679 g/mol. The van der Waals surface area contributed by atoms with Gasteiger partial charge in [-0.1, -0.05) is 21.6 Å². The number of carbonyl (C=O) groups excluding carboxylic acids is 1. The van der Waals surface area contributed by atoms with E-state index in [0.29, 0.717) is 11.3 Å². The van der Waals surface area contributed by atoms with Crippen molar-refractivity contribution in [1.29, 1.82) is 0 Å². The van der Waals surface area contributed by atoms with Gasteiger partial charge in [-0.15, -0.1) is 0 Å². The molecule has 0 spiro atoms. The normalized spacial score (nSPS) is 22.3. The van der Waals surface area contributed by atoms with Gasteiger partial charge < -0.3 is 39.5 Å². The van der Waals surface area contributed by atoms with Gasteiger partial charge in [-0.25, -0.2) is 23.3 Å². The van der Waals surface area contributed by atoms with Crippen LogP contribution in [0.3, 0.4) is 0 Å². The van der Waals surface area contributed by atoms with Crippen LogP contribution in [0.5, 0.6) is 5.75 Å². The number of aromatic nitrogens is 2. The molecule has 18 nitrogen and oxygen atoms in total. The molecule has 0 amide bonds. The molecule has 0 radical (unpaired) electrons. The van der Waals surface area contributed by atoms with Gasteiger partial charge in [-0.2, -0.15) is 13.6 Å². The molecule has 1 fully saturated rings. The third-order valence-corrected chi connectivity index (χ3v) is 11.6. The van der Waals surface area contributed by atoms with Crippen molar-refractivity contribution < 1.29 is 65.4 Å². The summed E-state index contributed by atoms with van der Waals surface area (Å²) in [7, 11) is -12.5. The van der Waals surface area contributed by atoms with Crippen LogP contribution in [0.25, 0.3) is 0 Å². The van der Waals surface area contributed by atoms with E-state index in [4.69, 9.17) is 34.3 Å². The lowest BCUT2D eigenvalue weighted by Gasteiger charge is -2.22. The summed E-state index contributed by atoms with van der Waals surface area (Å²) in [6.45, 7) is 0.941. The van der Waals surface area contributed by atoms with E-state index in [1.54, 1.807) is 12.1 Å². The van der Waals surface area contributed by atoms with Crippen LogP contribution in [0.4, 0.5) is 5.82 Å². The molecule has 3 unspecified atom stereocenters. The molecule has 1 aromatic heterocycles. The van der Waals surface area contributed by atoms with Crippen molar-refractivity contribution in [2.45, 2.75) is 37.0 Å². The number of methoxy groups -OCH3 is 1. The molecule has 0 aliphatic carbocycles. The second-order valence-corrected chi connectivity index (χ2v) is 15.8. The third kappa shape index (κ3) is 10.4. The Morgan fingerprint density at radius 3 is 2.49 bits per heavy atom.